The Morgan fingerprint density at radius 1 is 1.06 bits per heavy atom. The number of rotatable bonds is 3. The van der Waals surface area contributed by atoms with E-state index in [4.69, 9.17) is 11.6 Å². The normalized spacial score (nSPS) is 15.8. The van der Waals surface area contributed by atoms with E-state index in [9.17, 15) is 22.4 Å². The van der Waals surface area contributed by atoms with E-state index in [0.29, 0.717) is 42.3 Å². The first-order valence-electron chi connectivity index (χ1n) is 10.8. The Balaban J connectivity index is 1.52. The minimum absolute atomic E-state index is 0.0207. The molecule has 4 rings (SSSR count). The van der Waals surface area contributed by atoms with E-state index in [0.717, 1.165) is 11.6 Å². The maximum absolute atomic E-state index is 13.7. The van der Waals surface area contributed by atoms with Crippen LogP contribution in [0.3, 0.4) is 0 Å². The van der Waals surface area contributed by atoms with Crippen molar-refractivity contribution in [1.29, 1.82) is 0 Å². The van der Waals surface area contributed by atoms with Crippen molar-refractivity contribution in [3.63, 3.8) is 0 Å². The molecule has 0 atom stereocenters. The van der Waals surface area contributed by atoms with Gasteiger partial charge in [0.15, 0.2) is 11.3 Å². The molecule has 1 aromatic carbocycles. The smallest absolute Gasteiger partial charge is 0.335 e. The Morgan fingerprint density at radius 2 is 1.74 bits per heavy atom. The fourth-order valence-corrected chi connectivity index (χ4v) is 4.05. The molecule has 1 aliphatic rings. The van der Waals surface area contributed by atoms with Crippen molar-refractivity contribution in [3.8, 4) is 0 Å². The van der Waals surface area contributed by atoms with Gasteiger partial charge in [0.05, 0.1) is 5.69 Å². The van der Waals surface area contributed by atoms with E-state index in [1.165, 1.54) is 18.2 Å². The molecule has 1 aliphatic heterocycles. The van der Waals surface area contributed by atoms with Gasteiger partial charge >= 0.3 is 6.18 Å². The van der Waals surface area contributed by atoms with E-state index in [1.807, 2.05) is 0 Å². The lowest BCUT2D eigenvalue weighted by Gasteiger charge is -2.34. The highest BCUT2D eigenvalue weighted by atomic mass is 35.5. The quantitative estimate of drug-likeness (QED) is 0.488. The molecule has 6 nitrogen and oxygen atoms in total. The van der Waals surface area contributed by atoms with Gasteiger partial charge in [0.2, 0.25) is 0 Å². The summed E-state index contributed by atoms with van der Waals surface area (Å²) in [5, 5.41) is 4.30. The predicted octanol–water partition coefficient (Wildman–Crippen LogP) is 4.80. The first-order valence-corrected chi connectivity index (χ1v) is 11.1. The predicted molar refractivity (Wildman–Crippen MR) is 119 cm³/mol. The Labute approximate surface area is 199 Å². The molecule has 2 aromatic heterocycles. The molecular formula is C23H24ClF4N5O. The van der Waals surface area contributed by atoms with E-state index in [2.05, 4.69) is 15.0 Å². The van der Waals surface area contributed by atoms with Gasteiger partial charge in [-0.1, -0.05) is 38.4 Å². The number of halogens is 5. The topological polar surface area (TPSA) is 53.7 Å². The van der Waals surface area contributed by atoms with Gasteiger partial charge in [0, 0.05) is 49.2 Å². The maximum atomic E-state index is 13.7. The van der Waals surface area contributed by atoms with E-state index < -0.39 is 29.0 Å². The minimum atomic E-state index is -4.65. The molecule has 11 heteroatoms. The summed E-state index contributed by atoms with van der Waals surface area (Å²) in [6.45, 7) is 7.63. The number of benzene rings is 1. The standard InChI is InChI=1S/C23H24ClF4N5O/c1-22(2,3)18-12-19(23(26,27)28)33-20(29-18)11-17(30-33)21(34)32-8-6-31(7-9-32)13-14-4-5-15(25)10-16(14)24/h4-5,10-12H,6-9,13H2,1-3H3. The molecule has 1 fully saturated rings. The molecule has 0 unspecified atom stereocenters. The molecule has 1 saturated heterocycles. The van der Waals surface area contributed by atoms with Gasteiger partial charge in [-0.2, -0.15) is 18.3 Å². The molecule has 0 saturated carbocycles. The van der Waals surface area contributed by atoms with Crippen molar-refractivity contribution in [3.05, 3.63) is 63.8 Å². The van der Waals surface area contributed by atoms with Gasteiger partial charge in [-0.25, -0.2) is 13.9 Å². The van der Waals surface area contributed by atoms with Gasteiger partial charge in [-0.15, -0.1) is 0 Å². The Kier molecular flexibility index (Phi) is 6.32. The zero-order valence-corrected chi connectivity index (χ0v) is 19.7. The lowest BCUT2D eigenvalue weighted by atomic mass is 9.91. The van der Waals surface area contributed by atoms with Crippen LogP contribution in [0, 0.1) is 5.82 Å². The number of aromatic nitrogens is 3. The molecule has 0 spiro atoms. The number of alkyl halides is 3. The van der Waals surface area contributed by atoms with Crippen LogP contribution in [0.25, 0.3) is 5.65 Å². The van der Waals surface area contributed by atoms with Gasteiger partial charge in [0.25, 0.3) is 5.91 Å². The van der Waals surface area contributed by atoms with Crippen molar-refractivity contribution in [1.82, 2.24) is 24.4 Å². The van der Waals surface area contributed by atoms with Crippen LogP contribution in [-0.4, -0.2) is 56.5 Å². The second-order valence-electron chi connectivity index (χ2n) is 9.38. The third-order valence-corrected chi connectivity index (χ3v) is 6.13. The number of amides is 1. The summed E-state index contributed by atoms with van der Waals surface area (Å²) in [6, 6.07) is 6.52. The average Bonchev–Trinajstić information content (AvgIpc) is 3.18. The van der Waals surface area contributed by atoms with Crippen LogP contribution in [-0.2, 0) is 18.1 Å². The fraction of sp³-hybridized carbons (Fsp3) is 0.435. The third kappa shape index (κ3) is 5.02. The summed E-state index contributed by atoms with van der Waals surface area (Å²) in [5.41, 5.74) is -0.642. The second-order valence-corrected chi connectivity index (χ2v) is 9.79. The molecule has 3 aromatic rings. The molecule has 1 amide bonds. The number of carbonyl (C=O) groups is 1. The summed E-state index contributed by atoms with van der Waals surface area (Å²) < 4.78 is 55.1. The summed E-state index contributed by atoms with van der Waals surface area (Å²) >= 11 is 6.10. The molecule has 34 heavy (non-hydrogen) atoms. The zero-order chi connectivity index (χ0) is 24.8. The summed E-state index contributed by atoms with van der Waals surface area (Å²) in [6.07, 6.45) is -4.65. The number of carbonyl (C=O) groups excluding carboxylic acids is 1. The van der Waals surface area contributed by atoms with Crippen molar-refractivity contribution >= 4 is 23.2 Å². The van der Waals surface area contributed by atoms with Crippen molar-refractivity contribution in [2.24, 2.45) is 0 Å². The first kappa shape index (κ1) is 24.4. The highest BCUT2D eigenvalue weighted by Crippen LogP contribution is 2.33. The number of hydrogen-bond donors (Lipinski definition) is 0. The summed E-state index contributed by atoms with van der Waals surface area (Å²) in [5.74, 6) is -0.857. The summed E-state index contributed by atoms with van der Waals surface area (Å²) in [4.78, 5) is 21.0. The van der Waals surface area contributed by atoms with Crippen LogP contribution in [0.4, 0.5) is 17.6 Å². The zero-order valence-electron chi connectivity index (χ0n) is 19.0. The highest BCUT2D eigenvalue weighted by Gasteiger charge is 2.37. The minimum Gasteiger partial charge on any atom is -0.335 e. The van der Waals surface area contributed by atoms with Gasteiger partial charge in [-0.05, 0) is 23.8 Å². The SMILES string of the molecule is CC(C)(C)c1cc(C(F)(F)F)n2nc(C(=O)N3CCN(Cc4ccc(F)cc4Cl)CC3)cc2n1. The van der Waals surface area contributed by atoms with Crippen LogP contribution in [0.2, 0.25) is 5.02 Å². The van der Waals surface area contributed by atoms with Crippen LogP contribution in [0.5, 0.6) is 0 Å². The van der Waals surface area contributed by atoms with E-state index >= 15 is 0 Å². The third-order valence-electron chi connectivity index (χ3n) is 5.77. The van der Waals surface area contributed by atoms with Crippen LogP contribution < -0.4 is 0 Å². The monoisotopic (exact) mass is 497 g/mol. The van der Waals surface area contributed by atoms with Crippen LogP contribution >= 0.6 is 11.6 Å². The number of nitrogens with zero attached hydrogens (tertiary/aromatic N) is 5. The molecule has 182 valence electrons. The molecule has 0 N–H and O–H groups in total. The molecule has 0 aliphatic carbocycles. The first-order chi connectivity index (χ1) is 15.8. The lowest BCUT2D eigenvalue weighted by Crippen LogP contribution is -2.48. The number of fused-ring (bicyclic) bond motifs is 1. The molecular weight excluding hydrogens is 474 g/mol. The molecule has 0 bridgehead atoms. The summed E-state index contributed by atoms with van der Waals surface area (Å²) in [7, 11) is 0. The Morgan fingerprint density at radius 3 is 2.32 bits per heavy atom. The molecule has 0 radical (unpaired) electrons. The maximum Gasteiger partial charge on any atom is 0.433 e. The fourth-order valence-electron chi connectivity index (χ4n) is 3.83. The van der Waals surface area contributed by atoms with Gasteiger partial charge < -0.3 is 4.90 Å². The van der Waals surface area contributed by atoms with Crippen LogP contribution in [0.1, 0.15) is 48.2 Å². The van der Waals surface area contributed by atoms with E-state index in [-0.39, 0.29) is 17.0 Å². The van der Waals surface area contributed by atoms with Crippen molar-refractivity contribution < 1.29 is 22.4 Å². The lowest BCUT2D eigenvalue weighted by molar-refractivity contribution is -0.142. The van der Waals surface area contributed by atoms with E-state index in [1.54, 1.807) is 31.7 Å². The second kappa shape index (κ2) is 8.81. The van der Waals surface area contributed by atoms with Gasteiger partial charge in [0.1, 0.15) is 11.5 Å². The largest absolute Gasteiger partial charge is 0.433 e. The average molecular weight is 498 g/mol. The van der Waals surface area contributed by atoms with Crippen molar-refractivity contribution in [2.45, 2.75) is 38.9 Å². The Bertz CT molecular complexity index is 1230. The van der Waals surface area contributed by atoms with Gasteiger partial charge in [-0.3, -0.25) is 9.69 Å². The number of hydrogen-bond acceptors (Lipinski definition) is 4. The highest BCUT2D eigenvalue weighted by molar-refractivity contribution is 6.31. The number of piperazine rings is 1. The Hall–Kier alpha value is -2.72. The van der Waals surface area contributed by atoms with Crippen molar-refractivity contribution in [2.75, 3.05) is 26.2 Å². The van der Waals surface area contributed by atoms with Crippen LogP contribution in [0.15, 0.2) is 30.3 Å². The molecule has 3 heterocycles.